The molecule has 2 aliphatic heterocycles. The zero-order chi connectivity index (χ0) is 12.5. The quantitative estimate of drug-likeness (QED) is 0.604. The van der Waals surface area contributed by atoms with Crippen molar-refractivity contribution in [3.63, 3.8) is 0 Å². The molecule has 3 nitrogen and oxygen atoms in total. The molecule has 3 rings (SSSR count). The van der Waals surface area contributed by atoms with E-state index in [9.17, 15) is 4.79 Å². The lowest BCUT2D eigenvalue weighted by Crippen LogP contribution is -2.28. The van der Waals surface area contributed by atoms with Gasteiger partial charge in [-0.3, -0.25) is 4.79 Å². The Kier molecular flexibility index (Phi) is 3.14. The summed E-state index contributed by atoms with van der Waals surface area (Å²) in [5, 5.41) is 1.49. The molecule has 18 heavy (non-hydrogen) atoms. The summed E-state index contributed by atoms with van der Waals surface area (Å²) in [6.07, 6.45) is 2.93. The third kappa shape index (κ3) is 2.06. The molecule has 0 bridgehead atoms. The van der Waals surface area contributed by atoms with E-state index in [1.54, 1.807) is 17.8 Å². The van der Waals surface area contributed by atoms with Gasteiger partial charge in [0.05, 0.1) is 16.9 Å². The molecule has 0 N–H and O–H groups in total. The van der Waals surface area contributed by atoms with Gasteiger partial charge in [-0.05, 0) is 6.42 Å². The molecule has 1 aromatic rings. The molecule has 2 heterocycles. The normalized spacial score (nSPS) is 28.7. The first kappa shape index (κ1) is 11.8. The Morgan fingerprint density at radius 3 is 2.94 bits per heavy atom. The van der Waals surface area contributed by atoms with Crippen LogP contribution in [0.4, 0.5) is 0 Å². The van der Waals surface area contributed by atoms with Gasteiger partial charge < -0.3 is 9.64 Å². The summed E-state index contributed by atoms with van der Waals surface area (Å²) in [5.41, 5.74) is 0.733. The fourth-order valence-corrected chi connectivity index (χ4v) is 3.68. The van der Waals surface area contributed by atoms with Crippen LogP contribution in [0.25, 0.3) is 0 Å². The SMILES string of the molecule is CN1/C(=C/C(=O)c2ccccc2)S[C@@H]2CCO[C@@H]21. The molecule has 2 fully saturated rings. The van der Waals surface area contributed by atoms with Crippen LogP contribution >= 0.6 is 11.8 Å². The number of carbonyl (C=O) groups is 1. The molecule has 2 saturated heterocycles. The maximum Gasteiger partial charge on any atom is 0.188 e. The topological polar surface area (TPSA) is 29.5 Å². The predicted molar refractivity (Wildman–Crippen MR) is 72.4 cm³/mol. The van der Waals surface area contributed by atoms with Crippen molar-refractivity contribution >= 4 is 17.5 Å². The summed E-state index contributed by atoms with van der Waals surface area (Å²) < 4.78 is 5.66. The van der Waals surface area contributed by atoms with Crippen molar-refractivity contribution in [1.29, 1.82) is 0 Å². The van der Waals surface area contributed by atoms with Crippen LogP contribution in [0.15, 0.2) is 41.4 Å². The Balaban J connectivity index is 1.79. The smallest absolute Gasteiger partial charge is 0.188 e. The summed E-state index contributed by atoms with van der Waals surface area (Å²) in [4.78, 5) is 14.2. The molecule has 0 unspecified atom stereocenters. The average molecular weight is 261 g/mol. The fraction of sp³-hybridized carbons (Fsp3) is 0.357. The van der Waals surface area contributed by atoms with Gasteiger partial charge in [-0.1, -0.05) is 30.3 Å². The van der Waals surface area contributed by atoms with Crippen molar-refractivity contribution in [1.82, 2.24) is 4.90 Å². The largest absolute Gasteiger partial charge is 0.357 e. The number of fused-ring (bicyclic) bond motifs is 1. The van der Waals surface area contributed by atoms with E-state index in [1.165, 1.54) is 0 Å². The van der Waals surface area contributed by atoms with E-state index in [-0.39, 0.29) is 12.0 Å². The number of ketones is 1. The summed E-state index contributed by atoms with van der Waals surface area (Å²) in [7, 11) is 1.99. The number of ether oxygens (including phenoxy) is 1. The van der Waals surface area contributed by atoms with Gasteiger partial charge in [0.25, 0.3) is 0 Å². The third-order valence-electron chi connectivity index (χ3n) is 3.32. The molecular weight excluding hydrogens is 246 g/mol. The number of allylic oxidation sites excluding steroid dienone is 1. The van der Waals surface area contributed by atoms with Gasteiger partial charge in [-0.2, -0.15) is 0 Å². The Labute approximate surface area is 111 Å². The second kappa shape index (κ2) is 4.78. The molecule has 1 aromatic carbocycles. The molecule has 0 radical (unpaired) electrons. The van der Waals surface area contributed by atoms with Crippen molar-refractivity contribution < 1.29 is 9.53 Å². The highest BCUT2D eigenvalue weighted by Gasteiger charge is 2.40. The Hall–Kier alpha value is -1.26. The molecule has 0 spiro atoms. The van der Waals surface area contributed by atoms with E-state index in [0.717, 1.165) is 23.6 Å². The monoisotopic (exact) mass is 261 g/mol. The summed E-state index contributed by atoms with van der Waals surface area (Å²) in [6, 6.07) is 9.37. The van der Waals surface area contributed by atoms with Crippen molar-refractivity contribution in [3.05, 3.63) is 47.0 Å². The maximum atomic E-state index is 12.1. The van der Waals surface area contributed by atoms with E-state index in [2.05, 4.69) is 4.90 Å². The lowest BCUT2D eigenvalue weighted by atomic mass is 10.1. The standard InChI is InChI=1S/C14H15NO2S/c1-15-13(18-12-7-8-17-14(12)15)9-11(16)10-5-3-2-4-6-10/h2-6,9,12,14H,7-8H2,1H3/b13-9-/t12-,14+/m1/s1. The van der Waals surface area contributed by atoms with Crippen molar-refractivity contribution in [2.24, 2.45) is 0 Å². The van der Waals surface area contributed by atoms with Crippen LogP contribution in [-0.4, -0.2) is 35.8 Å². The zero-order valence-corrected chi connectivity index (χ0v) is 11.0. The highest BCUT2D eigenvalue weighted by atomic mass is 32.2. The number of hydrogen-bond acceptors (Lipinski definition) is 4. The van der Waals surface area contributed by atoms with Gasteiger partial charge in [0, 0.05) is 18.7 Å². The van der Waals surface area contributed by atoms with Crippen molar-refractivity contribution in [2.45, 2.75) is 17.9 Å². The molecule has 94 valence electrons. The predicted octanol–water partition coefficient (Wildman–Crippen LogP) is 2.50. The molecule has 2 atom stereocenters. The minimum absolute atomic E-state index is 0.0601. The molecule has 2 aliphatic rings. The highest BCUT2D eigenvalue weighted by Crippen LogP contribution is 2.43. The summed E-state index contributed by atoms with van der Waals surface area (Å²) in [5.74, 6) is 0.0601. The molecule has 4 heteroatoms. The summed E-state index contributed by atoms with van der Waals surface area (Å²) >= 11 is 1.75. The Morgan fingerprint density at radius 1 is 1.44 bits per heavy atom. The number of benzene rings is 1. The lowest BCUT2D eigenvalue weighted by molar-refractivity contribution is 0.0270. The van der Waals surface area contributed by atoms with E-state index >= 15 is 0 Å². The van der Waals surface area contributed by atoms with E-state index in [4.69, 9.17) is 4.74 Å². The first-order valence-corrected chi connectivity index (χ1v) is 6.96. The Bertz CT molecular complexity index is 486. The number of thioether (sulfide) groups is 1. The second-order valence-electron chi connectivity index (χ2n) is 4.53. The molecule has 0 saturated carbocycles. The van der Waals surface area contributed by atoms with Crippen molar-refractivity contribution in [2.75, 3.05) is 13.7 Å². The van der Waals surface area contributed by atoms with Crippen LogP contribution in [0.3, 0.4) is 0 Å². The van der Waals surface area contributed by atoms with E-state index in [0.29, 0.717) is 5.25 Å². The van der Waals surface area contributed by atoms with E-state index < -0.39 is 0 Å². The fourth-order valence-electron chi connectivity index (χ4n) is 2.33. The van der Waals surface area contributed by atoms with Crippen molar-refractivity contribution in [3.8, 4) is 0 Å². The minimum Gasteiger partial charge on any atom is -0.357 e. The van der Waals surface area contributed by atoms with Gasteiger partial charge in [-0.15, -0.1) is 11.8 Å². The van der Waals surface area contributed by atoms with Gasteiger partial charge in [0.2, 0.25) is 0 Å². The van der Waals surface area contributed by atoms with Crippen LogP contribution in [0.2, 0.25) is 0 Å². The summed E-state index contributed by atoms with van der Waals surface area (Å²) in [6.45, 7) is 0.826. The first-order chi connectivity index (χ1) is 8.75. The molecule has 0 amide bonds. The first-order valence-electron chi connectivity index (χ1n) is 6.08. The second-order valence-corrected chi connectivity index (χ2v) is 5.79. The van der Waals surface area contributed by atoms with Crippen LogP contribution in [-0.2, 0) is 4.74 Å². The average Bonchev–Trinajstić information content (AvgIpc) is 2.95. The minimum atomic E-state index is 0.0601. The van der Waals surface area contributed by atoms with Gasteiger partial charge in [-0.25, -0.2) is 0 Å². The van der Waals surface area contributed by atoms with Crippen LogP contribution in [0.1, 0.15) is 16.8 Å². The molecular formula is C14H15NO2S. The highest BCUT2D eigenvalue weighted by molar-refractivity contribution is 8.03. The number of carbonyl (C=O) groups excluding carboxylic acids is 1. The number of rotatable bonds is 2. The lowest BCUT2D eigenvalue weighted by Gasteiger charge is -2.19. The van der Waals surface area contributed by atoms with E-state index in [1.807, 2.05) is 37.4 Å². The third-order valence-corrected chi connectivity index (χ3v) is 4.74. The van der Waals surface area contributed by atoms with Crippen LogP contribution in [0, 0.1) is 0 Å². The van der Waals surface area contributed by atoms with Gasteiger partial charge in [0.15, 0.2) is 5.78 Å². The zero-order valence-electron chi connectivity index (χ0n) is 10.2. The van der Waals surface area contributed by atoms with Gasteiger partial charge in [0.1, 0.15) is 6.23 Å². The number of nitrogens with zero attached hydrogens (tertiary/aromatic N) is 1. The van der Waals surface area contributed by atoms with Gasteiger partial charge >= 0.3 is 0 Å². The maximum absolute atomic E-state index is 12.1. The Morgan fingerprint density at radius 2 is 2.22 bits per heavy atom. The molecule has 0 aromatic heterocycles. The molecule has 0 aliphatic carbocycles. The van der Waals surface area contributed by atoms with Crippen LogP contribution < -0.4 is 0 Å². The number of hydrogen-bond donors (Lipinski definition) is 0. The van der Waals surface area contributed by atoms with Crippen LogP contribution in [0.5, 0.6) is 0 Å².